The van der Waals surface area contributed by atoms with E-state index in [2.05, 4.69) is 48.1 Å². The number of anilines is 1. The molecule has 0 bridgehead atoms. The van der Waals surface area contributed by atoms with E-state index >= 15 is 0 Å². The summed E-state index contributed by atoms with van der Waals surface area (Å²) in [5.74, 6) is 1.38. The first-order chi connectivity index (χ1) is 9.06. The molecule has 0 atom stereocenters. The van der Waals surface area contributed by atoms with Crippen LogP contribution in [0.5, 0.6) is 0 Å². The van der Waals surface area contributed by atoms with Gasteiger partial charge in [0.25, 0.3) is 0 Å². The van der Waals surface area contributed by atoms with Crippen molar-refractivity contribution < 1.29 is 4.42 Å². The summed E-state index contributed by atoms with van der Waals surface area (Å²) in [5, 5.41) is 11.6. The van der Waals surface area contributed by atoms with Gasteiger partial charge in [0, 0.05) is 18.6 Å². The highest BCUT2D eigenvalue weighted by Crippen LogP contribution is 2.31. The lowest BCUT2D eigenvalue weighted by Gasteiger charge is -2.20. The number of nitrogens with zero attached hydrogens (tertiary/aromatic N) is 3. The van der Waals surface area contributed by atoms with Crippen LogP contribution in [-0.2, 0) is 6.54 Å². The van der Waals surface area contributed by atoms with Crippen LogP contribution in [0.3, 0.4) is 0 Å². The second-order valence-electron chi connectivity index (χ2n) is 6.12. The van der Waals surface area contributed by atoms with E-state index in [0.717, 1.165) is 6.54 Å². The third kappa shape index (κ3) is 4.49. The SMILES string of the molecule is CC(C)CCN(c1nnc(CNC(C)C)o1)C1CC1. The fourth-order valence-electron chi connectivity index (χ4n) is 1.94. The Morgan fingerprint density at radius 2 is 2.00 bits per heavy atom. The smallest absolute Gasteiger partial charge is 0.318 e. The van der Waals surface area contributed by atoms with E-state index in [4.69, 9.17) is 4.42 Å². The van der Waals surface area contributed by atoms with Gasteiger partial charge in [0.05, 0.1) is 6.54 Å². The van der Waals surface area contributed by atoms with Crippen LogP contribution in [0.25, 0.3) is 0 Å². The first kappa shape index (κ1) is 14.3. The van der Waals surface area contributed by atoms with E-state index in [9.17, 15) is 0 Å². The molecular weight excluding hydrogens is 240 g/mol. The van der Waals surface area contributed by atoms with Gasteiger partial charge in [0.15, 0.2) is 0 Å². The van der Waals surface area contributed by atoms with Crippen molar-refractivity contribution in [2.24, 2.45) is 5.92 Å². The zero-order valence-electron chi connectivity index (χ0n) is 12.5. The molecule has 1 aromatic rings. The van der Waals surface area contributed by atoms with Crippen molar-refractivity contribution in [1.29, 1.82) is 0 Å². The first-order valence-electron chi connectivity index (χ1n) is 7.38. The predicted molar refractivity (Wildman–Crippen MR) is 76.1 cm³/mol. The Morgan fingerprint density at radius 3 is 2.58 bits per heavy atom. The van der Waals surface area contributed by atoms with E-state index in [1.807, 2.05) is 0 Å². The molecule has 5 nitrogen and oxygen atoms in total. The molecule has 0 amide bonds. The van der Waals surface area contributed by atoms with Crippen molar-refractivity contribution in [1.82, 2.24) is 15.5 Å². The van der Waals surface area contributed by atoms with E-state index in [-0.39, 0.29) is 0 Å². The van der Waals surface area contributed by atoms with Gasteiger partial charge in [0.2, 0.25) is 5.89 Å². The molecule has 0 saturated heterocycles. The van der Waals surface area contributed by atoms with Gasteiger partial charge in [-0.15, -0.1) is 5.10 Å². The maximum absolute atomic E-state index is 5.77. The number of hydrogen-bond acceptors (Lipinski definition) is 5. The van der Waals surface area contributed by atoms with Crippen LogP contribution in [0.15, 0.2) is 4.42 Å². The van der Waals surface area contributed by atoms with E-state index < -0.39 is 0 Å². The monoisotopic (exact) mass is 266 g/mol. The topological polar surface area (TPSA) is 54.2 Å². The van der Waals surface area contributed by atoms with Gasteiger partial charge in [-0.2, -0.15) is 0 Å². The Balaban J connectivity index is 1.93. The fourth-order valence-corrected chi connectivity index (χ4v) is 1.94. The minimum absolute atomic E-state index is 0.427. The van der Waals surface area contributed by atoms with Crippen molar-refractivity contribution in [2.45, 2.75) is 65.6 Å². The quantitative estimate of drug-likeness (QED) is 0.783. The summed E-state index contributed by atoms with van der Waals surface area (Å²) in [4.78, 5) is 2.28. The minimum atomic E-state index is 0.427. The minimum Gasteiger partial charge on any atom is -0.407 e. The standard InChI is InChI=1S/C14H26N4O/c1-10(2)7-8-18(12-5-6-12)14-17-16-13(19-14)9-15-11(3)4/h10-12,15H,5-9H2,1-4H3. The Kier molecular flexibility index (Phi) is 4.80. The zero-order chi connectivity index (χ0) is 13.8. The molecule has 0 radical (unpaired) electrons. The van der Waals surface area contributed by atoms with Crippen molar-refractivity contribution in [3.8, 4) is 0 Å². The molecule has 0 aromatic carbocycles. The van der Waals surface area contributed by atoms with Gasteiger partial charge in [-0.1, -0.05) is 32.8 Å². The molecule has 0 unspecified atom stereocenters. The summed E-state index contributed by atoms with van der Waals surface area (Å²) < 4.78 is 5.77. The third-order valence-electron chi connectivity index (χ3n) is 3.30. The Bertz CT molecular complexity index is 385. The third-order valence-corrected chi connectivity index (χ3v) is 3.30. The molecule has 1 N–H and O–H groups in total. The summed E-state index contributed by atoms with van der Waals surface area (Å²) in [5.41, 5.74) is 0. The van der Waals surface area contributed by atoms with Crippen LogP contribution >= 0.6 is 0 Å². The summed E-state index contributed by atoms with van der Waals surface area (Å²) in [6.45, 7) is 10.4. The predicted octanol–water partition coefficient (Wildman–Crippen LogP) is 2.58. The lowest BCUT2D eigenvalue weighted by Crippen LogP contribution is -2.28. The lowest BCUT2D eigenvalue weighted by molar-refractivity contribution is 0.440. The highest BCUT2D eigenvalue weighted by molar-refractivity contribution is 5.29. The van der Waals surface area contributed by atoms with Crippen molar-refractivity contribution in [3.05, 3.63) is 5.89 Å². The average Bonchev–Trinajstić information content (AvgIpc) is 3.05. The molecule has 0 spiro atoms. The van der Waals surface area contributed by atoms with Crippen LogP contribution in [0, 0.1) is 5.92 Å². The van der Waals surface area contributed by atoms with Gasteiger partial charge >= 0.3 is 6.01 Å². The maximum Gasteiger partial charge on any atom is 0.318 e. The largest absolute Gasteiger partial charge is 0.407 e. The zero-order valence-corrected chi connectivity index (χ0v) is 12.5. The van der Waals surface area contributed by atoms with Gasteiger partial charge in [0.1, 0.15) is 0 Å². The summed E-state index contributed by atoms with van der Waals surface area (Å²) in [6, 6.07) is 1.74. The molecule has 1 heterocycles. The molecule has 19 heavy (non-hydrogen) atoms. The van der Waals surface area contributed by atoms with Crippen molar-refractivity contribution in [3.63, 3.8) is 0 Å². The summed E-state index contributed by atoms with van der Waals surface area (Å²) >= 11 is 0. The fraction of sp³-hybridized carbons (Fsp3) is 0.857. The summed E-state index contributed by atoms with van der Waals surface area (Å²) in [7, 11) is 0. The average molecular weight is 266 g/mol. The molecule has 1 saturated carbocycles. The van der Waals surface area contributed by atoms with Crippen LogP contribution < -0.4 is 10.2 Å². The van der Waals surface area contributed by atoms with Gasteiger partial charge < -0.3 is 14.6 Å². The molecule has 108 valence electrons. The van der Waals surface area contributed by atoms with Crippen LogP contribution in [0.1, 0.15) is 52.8 Å². The normalized spacial score (nSPS) is 15.5. The van der Waals surface area contributed by atoms with E-state index in [1.54, 1.807) is 0 Å². The van der Waals surface area contributed by atoms with Crippen molar-refractivity contribution >= 4 is 6.01 Å². The van der Waals surface area contributed by atoms with Crippen LogP contribution in [0.4, 0.5) is 6.01 Å². The maximum atomic E-state index is 5.77. The molecule has 1 fully saturated rings. The Hall–Kier alpha value is -1.10. The van der Waals surface area contributed by atoms with Gasteiger partial charge in [-0.3, -0.25) is 0 Å². The highest BCUT2D eigenvalue weighted by atomic mass is 16.4. The second-order valence-corrected chi connectivity index (χ2v) is 6.12. The van der Waals surface area contributed by atoms with Crippen LogP contribution in [-0.4, -0.2) is 28.8 Å². The van der Waals surface area contributed by atoms with Gasteiger partial charge in [-0.05, 0) is 25.2 Å². The molecule has 1 aromatic heterocycles. The number of nitrogens with one attached hydrogen (secondary N) is 1. The van der Waals surface area contributed by atoms with Crippen LogP contribution in [0.2, 0.25) is 0 Å². The first-order valence-corrected chi connectivity index (χ1v) is 7.38. The molecule has 5 heteroatoms. The Labute approximate surface area is 115 Å². The van der Waals surface area contributed by atoms with E-state index in [1.165, 1.54) is 19.3 Å². The molecule has 1 aliphatic carbocycles. The van der Waals surface area contributed by atoms with E-state index in [0.29, 0.717) is 36.5 Å². The highest BCUT2D eigenvalue weighted by Gasteiger charge is 2.32. The Morgan fingerprint density at radius 1 is 1.26 bits per heavy atom. The summed E-state index contributed by atoms with van der Waals surface area (Å²) in [6.07, 6.45) is 3.67. The second kappa shape index (κ2) is 6.37. The molecule has 2 rings (SSSR count). The number of aromatic nitrogens is 2. The van der Waals surface area contributed by atoms with Crippen molar-refractivity contribution in [2.75, 3.05) is 11.4 Å². The molecule has 1 aliphatic rings. The molecule has 0 aliphatic heterocycles. The van der Waals surface area contributed by atoms with Gasteiger partial charge in [-0.25, -0.2) is 0 Å². The number of rotatable bonds is 8. The number of hydrogen-bond donors (Lipinski definition) is 1. The molecular formula is C14H26N4O. The lowest BCUT2D eigenvalue weighted by atomic mass is 10.1.